The molecule has 3 aromatic rings. The molecule has 2 aromatic heterocycles. The van der Waals surface area contributed by atoms with Gasteiger partial charge in [0.2, 0.25) is 0 Å². The lowest BCUT2D eigenvalue weighted by atomic mass is 10.1. The fraction of sp³-hybridized carbons (Fsp3) is 0.250. The molecular formula is C16H18ClN5S. The molecule has 23 heavy (non-hydrogen) atoms. The SMILES string of the molecule is Cl.Nc1ncc(CN2CCc3c(ncn3-c3ccccc3)C2)s1. The maximum absolute atomic E-state index is 5.70. The fourth-order valence-corrected chi connectivity index (χ4v) is 3.65. The van der Waals surface area contributed by atoms with Gasteiger partial charge in [0.1, 0.15) is 0 Å². The van der Waals surface area contributed by atoms with Gasteiger partial charge < -0.3 is 10.3 Å². The summed E-state index contributed by atoms with van der Waals surface area (Å²) in [5.74, 6) is 0. The molecule has 7 heteroatoms. The van der Waals surface area contributed by atoms with E-state index in [1.807, 2.05) is 18.6 Å². The second kappa shape index (κ2) is 6.70. The van der Waals surface area contributed by atoms with Crippen molar-refractivity contribution in [3.8, 4) is 5.69 Å². The van der Waals surface area contributed by atoms with Crippen LogP contribution in [0.4, 0.5) is 5.13 Å². The average Bonchev–Trinajstić information content (AvgIpc) is 3.14. The molecule has 1 aliphatic heterocycles. The molecule has 4 rings (SSSR count). The third-order valence-electron chi connectivity index (χ3n) is 3.98. The number of hydrogen-bond donors (Lipinski definition) is 1. The first-order valence-corrected chi connectivity index (χ1v) is 8.14. The quantitative estimate of drug-likeness (QED) is 0.791. The number of nitrogens with two attached hydrogens (primary N) is 1. The zero-order valence-electron chi connectivity index (χ0n) is 12.6. The molecule has 5 nitrogen and oxygen atoms in total. The Balaban J connectivity index is 0.00000156. The summed E-state index contributed by atoms with van der Waals surface area (Å²) in [6.45, 7) is 2.81. The first-order valence-electron chi connectivity index (χ1n) is 7.32. The molecule has 1 aliphatic rings. The lowest BCUT2D eigenvalue weighted by molar-refractivity contribution is 0.242. The van der Waals surface area contributed by atoms with Gasteiger partial charge in [-0.15, -0.1) is 23.7 Å². The Morgan fingerprint density at radius 3 is 2.74 bits per heavy atom. The molecule has 0 amide bonds. The zero-order chi connectivity index (χ0) is 14.9. The van der Waals surface area contributed by atoms with Crippen molar-refractivity contribution in [2.24, 2.45) is 0 Å². The molecule has 0 spiro atoms. The van der Waals surface area contributed by atoms with Crippen LogP contribution < -0.4 is 5.73 Å². The van der Waals surface area contributed by atoms with Crippen LogP contribution in [-0.4, -0.2) is 26.0 Å². The Morgan fingerprint density at radius 2 is 2.00 bits per heavy atom. The van der Waals surface area contributed by atoms with E-state index >= 15 is 0 Å². The summed E-state index contributed by atoms with van der Waals surface area (Å²) in [5, 5.41) is 0.640. The van der Waals surface area contributed by atoms with E-state index in [1.54, 1.807) is 11.3 Å². The summed E-state index contributed by atoms with van der Waals surface area (Å²) in [7, 11) is 0. The van der Waals surface area contributed by atoms with Crippen molar-refractivity contribution in [2.75, 3.05) is 12.3 Å². The number of imidazole rings is 1. The summed E-state index contributed by atoms with van der Waals surface area (Å²) in [6.07, 6.45) is 4.82. The predicted molar refractivity (Wildman–Crippen MR) is 95.2 cm³/mol. The van der Waals surface area contributed by atoms with Crippen LogP contribution in [0.2, 0.25) is 0 Å². The van der Waals surface area contributed by atoms with Crippen molar-refractivity contribution in [3.05, 3.63) is 59.1 Å². The minimum atomic E-state index is 0. The highest BCUT2D eigenvalue weighted by Gasteiger charge is 2.21. The summed E-state index contributed by atoms with van der Waals surface area (Å²) >= 11 is 1.56. The van der Waals surface area contributed by atoms with Gasteiger partial charge in [-0.05, 0) is 12.1 Å². The fourth-order valence-electron chi connectivity index (χ4n) is 2.92. The van der Waals surface area contributed by atoms with Gasteiger partial charge in [-0.3, -0.25) is 4.90 Å². The van der Waals surface area contributed by atoms with Gasteiger partial charge in [0, 0.05) is 48.5 Å². The number of hydrogen-bond acceptors (Lipinski definition) is 5. The van der Waals surface area contributed by atoms with Gasteiger partial charge in [0.25, 0.3) is 0 Å². The van der Waals surface area contributed by atoms with Crippen LogP contribution in [0.3, 0.4) is 0 Å². The van der Waals surface area contributed by atoms with Crippen molar-refractivity contribution in [1.82, 2.24) is 19.4 Å². The normalized spacial score (nSPS) is 14.3. The molecular weight excluding hydrogens is 330 g/mol. The van der Waals surface area contributed by atoms with Crippen molar-refractivity contribution in [1.29, 1.82) is 0 Å². The first-order chi connectivity index (χ1) is 10.8. The monoisotopic (exact) mass is 347 g/mol. The molecule has 0 radical (unpaired) electrons. The van der Waals surface area contributed by atoms with Crippen LogP contribution in [0.15, 0.2) is 42.9 Å². The summed E-state index contributed by atoms with van der Waals surface area (Å²) in [4.78, 5) is 12.3. The second-order valence-corrected chi connectivity index (χ2v) is 6.62. The van der Waals surface area contributed by atoms with Crippen molar-refractivity contribution >= 4 is 28.9 Å². The van der Waals surface area contributed by atoms with Crippen LogP contribution in [0.5, 0.6) is 0 Å². The van der Waals surface area contributed by atoms with Gasteiger partial charge in [0.05, 0.1) is 12.0 Å². The van der Waals surface area contributed by atoms with E-state index in [0.717, 1.165) is 26.1 Å². The molecule has 0 saturated heterocycles. The largest absolute Gasteiger partial charge is 0.375 e. The van der Waals surface area contributed by atoms with E-state index in [0.29, 0.717) is 5.13 Å². The van der Waals surface area contributed by atoms with E-state index < -0.39 is 0 Å². The molecule has 0 fully saturated rings. The van der Waals surface area contributed by atoms with Crippen LogP contribution >= 0.6 is 23.7 Å². The van der Waals surface area contributed by atoms with Crippen LogP contribution in [-0.2, 0) is 19.5 Å². The lowest BCUT2D eigenvalue weighted by Gasteiger charge is -2.26. The van der Waals surface area contributed by atoms with E-state index in [4.69, 9.17) is 5.73 Å². The Hall–Kier alpha value is -1.89. The van der Waals surface area contributed by atoms with Gasteiger partial charge in [-0.1, -0.05) is 18.2 Å². The number of nitrogens with zero attached hydrogens (tertiary/aromatic N) is 4. The molecule has 3 heterocycles. The van der Waals surface area contributed by atoms with E-state index in [9.17, 15) is 0 Å². The van der Waals surface area contributed by atoms with Gasteiger partial charge >= 0.3 is 0 Å². The topological polar surface area (TPSA) is 60.0 Å². The maximum atomic E-state index is 5.70. The van der Waals surface area contributed by atoms with E-state index in [-0.39, 0.29) is 12.4 Å². The third kappa shape index (κ3) is 3.24. The smallest absolute Gasteiger partial charge is 0.180 e. The Labute approximate surface area is 145 Å². The average molecular weight is 348 g/mol. The Kier molecular flexibility index (Phi) is 4.66. The van der Waals surface area contributed by atoms with Crippen molar-refractivity contribution < 1.29 is 0 Å². The van der Waals surface area contributed by atoms with E-state index in [1.165, 1.54) is 22.0 Å². The summed E-state index contributed by atoms with van der Waals surface area (Å²) in [6, 6.07) is 10.4. The number of aromatic nitrogens is 3. The number of halogens is 1. The summed E-state index contributed by atoms with van der Waals surface area (Å²) in [5.41, 5.74) is 9.38. The zero-order valence-corrected chi connectivity index (χ0v) is 14.2. The van der Waals surface area contributed by atoms with Gasteiger partial charge in [-0.2, -0.15) is 0 Å². The van der Waals surface area contributed by atoms with Crippen molar-refractivity contribution in [2.45, 2.75) is 19.5 Å². The number of nitrogen functional groups attached to an aromatic ring is 1. The molecule has 0 atom stereocenters. The van der Waals surface area contributed by atoms with Gasteiger partial charge in [-0.25, -0.2) is 9.97 Å². The Bertz CT molecular complexity index is 783. The van der Waals surface area contributed by atoms with Crippen LogP contribution in [0.1, 0.15) is 16.3 Å². The number of para-hydroxylation sites is 1. The number of fused-ring (bicyclic) bond motifs is 1. The van der Waals surface area contributed by atoms with Crippen molar-refractivity contribution in [3.63, 3.8) is 0 Å². The highest BCUT2D eigenvalue weighted by atomic mass is 35.5. The number of anilines is 1. The molecule has 0 unspecified atom stereocenters. The minimum Gasteiger partial charge on any atom is -0.375 e. The standard InChI is InChI=1S/C16H17N5S.ClH/c17-16-18-8-13(22-16)9-20-7-6-15-14(10-20)19-11-21(15)12-4-2-1-3-5-12;/h1-5,8,11H,6-7,9-10H2,(H2,17,18);1H. The molecule has 1 aromatic carbocycles. The highest BCUT2D eigenvalue weighted by molar-refractivity contribution is 7.15. The van der Waals surface area contributed by atoms with Gasteiger partial charge in [0.15, 0.2) is 5.13 Å². The predicted octanol–water partition coefficient (Wildman–Crippen LogP) is 2.89. The van der Waals surface area contributed by atoms with E-state index in [2.05, 4.69) is 43.7 Å². The second-order valence-electron chi connectivity index (χ2n) is 5.47. The first kappa shape index (κ1) is 16.0. The van der Waals surface area contributed by atoms with Crippen LogP contribution in [0.25, 0.3) is 5.69 Å². The number of benzene rings is 1. The molecule has 0 aliphatic carbocycles. The maximum Gasteiger partial charge on any atom is 0.180 e. The molecule has 2 N–H and O–H groups in total. The summed E-state index contributed by atoms with van der Waals surface area (Å²) < 4.78 is 2.21. The van der Waals surface area contributed by atoms with Crippen LogP contribution in [0, 0.1) is 0 Å². The molecule has 0 saturated carbocycles. The highest BCUT2D eigenvalue weighted by Crippen LogP contribution is 2.24. The number of rotatable bonds is 3. The number of thiazole rings is 1. The third-order valence-corrected chi connectivity index (χ3v) is 4.79. The Morgan fingerprint density at radius 1 is 1.17 bits per heavy atom. The molecule has 120 valence electrons. The molecule has 0 bridgehead atoms. The minimum absolute atomic E-state index is 0. The lowest BCUT2D eigenvalue weighted by Crippen LogP contribution is -2.30.